The minimum absolute atomic E-state index is 0.0155. The standard InChI is InChI=1S/C20H22N2O6/c1-20(2,3)27-19(24)21(16-12-8-5-9-13-16)17(18(23)28-22(25)26)14-15-10-6-4-7-11-15/h4-13,17H,14H2,1-3H3/t17-/m0/s1. The summed E-state index contributed by atoms with van der Waals surface area (Å²) in [4.78, 5) is 41.5. The fraction of sp³-hybridized carbons (Fsp3) is 0.300. The SMILES string of the molecule is CC(C)(C)OC(=O)N(c1ccccc1)[C@@H](Cc1ccccc1)C(=O)O[N+](=O)[O-]. The summed E-state index contributed by atoms with van der Waals surface area (Å²) in [5, 5.41) is 9.57. The largest absolute Gasteiger partial charge is 0.443 e. The Hall–Kier alpha value is -3.42. The summed E-state index contributed by atoms with van der Waals surface area (Å²) in [6.07, 6.45) is -0.790. The highest BCUT2D eigenvalue weighted by Gasteiger charge is 2.36. The zero-order chi connectivity index (χ0) is 20.7. The number of rotatable bonds is 6. The van der Waals surface area contributed by atoms with Crippen LogP contribution in [0.2, 0.25) is 0 Å². The number of carbonyl (C=O) groups excluding carboxylic acids is 2. The van der Waals surface area contributed by atoms with Gasteiger partial charge in [-0.15, -0.1) is 10.1 Å². The Balaban J connectivity index is 2.48. The van der Waals surface area contributed by atoms with E-state index < -0.39 is 28.8 Å². The molecular formula is C20H22N2O6. The summed E-state index contributed by atoms with van der Waals surface area (Å²) in [5.74, 6) is -1.16. The van der Waals surface area contributed by atoms with E-state index in [9.17, 15) is 19.7 Å². The normalized spacial score (nSPS) is 12.0. The fourth-order valence-corrected chi connectivity index (χ4v) is 2.56. The lowest BCUT2D eigenvalue weighted by Crippen LogP contribution is -2.49. The zero-order valence-corrected chi connectivity index (χ0v) is 15.9. The van der Waals surface area contributed by atoms with Gasteiger partial charge in [0.1, 0.15) is 11.6 Å². The molecule has 0 aliphatic carbocycles. The van der Waals surface area contributed by atoms with Crippen LogP contribution in [-0.4, -0.2) is 28.8 Å². The number of nitrogens with zero attached hydrogens (tertiary/aromatic N) is 2. The molecule has 28 heavy (non-hydrogen) atoms. The van der Waals surface area contributed by atoms with Gasteiger partial charge in [0.05, 0.1) is 0 Å². The van der Waals surface area contributed by atoms with Crippen molar-refractivity contribution in [2.45, 2.75) is 38.8 Å². The molecule has 0 aromatic heterocycles. The van der Waals surface area contributed by atoms with E-state index in [1.807, 2.05) is 0 Å². The second-order valence-electron chi connectivity index (χ2n) is 7.03. The van der Waals surface area contributed by atoms with Gasteiger partial charge < -0.3 is 4.74 Å². The van der Waals surface area contributed by atoms with Crippen molar-refractivity contribution in [1.82, 2.24) is 0 Å². The van der Waals surface area contributed by atoms with Crippen LogP contribution in [-0.2, 0) is 20.8 Å². The Morgan fingerprint density at radius 2 is 1.57 bits per heavy atom. The smallest absolute Gasteiger partial charge is 0.415 e. The Labute approximate surface area is 162 Å². The molecule has 0 radical (unpaired) electrons. The molecule has 0 saturated carbocycles. The maximum atomic E-state index is 12.9. The topological polar surface area (TPSA) is 99.0 Å². The highest BCUT2D eigenvalue weighted by atomic mass is 17.0. The highest BCUT2D eigenvalue weighted by Crippen LogP contribution is 2.23. The molecule has 1 amide bonds. The van der Waals surface area contributed by atoms with Gasteiger partial charge in [-0.1, -0.05) is 48.5 Å². The van der Waals surface area contributed by atoms with E-state index in [1.54, 1.807) is 81.4 Å². The number of carbonyl (C=O) groups is 2. The maximum Gasteiger partial charge on any atom is 0.415 e. The molecule has 1 atom stereocenters. The van der Waals surface area contributed by atoms with Crippen molar-refractivity contribution in [3.63, 3.8) is 0 Å². The van der Waals surface area contributed by atoms with Gasteiger partial charge in [0, 0.05) is 12.1 Å². The van der Waals surface area contributed by atoms with Crippen molar-refractivity contribution in [1.29, 1.82) is 0 Å². The minimum atomic E-state index is -1.29. The van der Waals surface area contributed by atoms with Crippen LogP contribution >= 0.6 is 0 Å². The molecule has 2 aromatic rings. The van der Waals surface area contributed by atoms with Crippen LogP contribution in [0.5, 0.6) is 0 Å². The molecule has 8 heteroatoms. The third-order valence-electron chi connectivity index (χ3n) is 3.64. The lowest BCUT2D eigenvalue weighted by Gasteiger charge is -2.32. The average molecular weight is 386 g/mol. The van der Waals surface area contributed by atoms with Gasteiger partial charge in [-0.05, 0) is 38.5 Å². The van der Waals surface area contributed by atoms with E-state index >= 15 is 0 Å². The fourth-order valence-electron chi connectivity index (χ4n) is 2.56. The number of hydrogen-bond donors (Lipinski definition) is 0. The molecule has 2 rings (SSSR count). The molecule has 0 heterocycles. The van der Waals surface area contributed by atoms with E-state index in [0.29, 0.717) is 11.3 Å². The number of benzene rings is 2. The average Bonchev–Trinajstić information content (AvgIpc) is 2.61. The summed E-state index contributed by atoms with van der Waals surface area (Å²) in [6, 6.07) is 15.9. The van der Waals surface area contributed by atoms with Crippen LogP contribution in [0, 0.1) is 10.1 Å². The molecule has 0 saturated heterocycles. The third-order valence-corrected chi connectivity index (χ3v) is 3.64. The van der Waals surface area contributed by atoms with Gasteiger partial charge in [0.25, 0.3) is 0 Å². The van der Waals surface area contributed by atoms with E-state index in [2.05, 4.69) is 4.84 Å². The van der Waals surface area contributed by atoms with Crippen LogP contribution in [0.15, 0.2) is 60.7 Å². The van der Waals surface area contributed by atoms with Crippen molar-refractivity contribution in [3.8, 4) is 0 Å². The van der Waals surface area contributed by atoms with Gasteiger partial charge in [-0.2, -0.15) is 0 Å². The van der Waals surface area contributed by atoms with Crippen molar-refractivity contribution in [3.05, 3.63) is 76.3 Å². The third kappa shape index (κ3) is 6.08. The summed E-state index contributed by atoms with van der Waals surface area (Å²) < 4.78 is 5.44. The van der Waals surface area contributed by atoms with E-state index in [-0.39, 0.29) is 6.42 Å². The number of amides is 1. The van der Waals surface area contributed by atoms with Crippen molar-refractivity contribution < 1.29 is 24.3 Å². The molecule has 0 aliphatic heterocycles. The van der Waals surface area contributed by atoms with Crippen LogP contribution in [0.3, 0.4) is 0 Å². The summed E-state index contributed by atoms with van der Waals surface area (Å²) >= 11 is 0. The molecule has 0 aliphatic rings. The number of ether oxygens (including phenoxy) is 1. The Bertz CT molecular complexity index is 818. The van der Waals surface area contributed by atoms with Crippen molar-refractivity contribution in [2.75, 3.05) is 4.90 Å². The molecule has 0 N–H and O–H groups in total. The lowest BCUT2D eigenvalue weighted by molar-refractivity contribution is -0.729. The van der Waals surface area contributed by atoms with Crippen molar-refractivity contribution in [2.24, 2.45) is 0 Å². The zero-order valence-electron chi connectivity index (χ0n) is 15.9. The maximum absolute atomic E-state index is 12.9. The van der Waals surface area contributed by atoms with Crippen LogP contribution < -0.4 is 4.90 Å². The Morgan fingerprint density at radius 3 is 2.07 bits per heavy atom. The quantitative estimate of drug-likeness (QED) is 0.553. The predicted octanol–water partition coefficient (Wildman–Crippen LogP) is 3.77. The summed E-state index contributed by atoms with van der Waals surface area (Å²) in [6.45, 7) is 5.07. The molecule has 148 valence electrons. The Morgan fingerprint density at radius 1 is 1.04 bits per heavy atom. The van der Waals surface area contributed by atoms with E-state index in [1.165, 1.54) is 0 Å². The number of hydrogen-bond acceptors (Lipinski definition) is 6. The molecule has 0 unspecified atom stereocenters. The summed E-state index contributed by atoms with van der Waals surface area (Å²) in [5.41, 5.74) is 0.240. The van der Waals surface area contributed by atoms with Crippen LogP contribution in [0.4, 0.5) is 10.5 Å². The summed E-state index contributed by atoms with van der Waals surface area (Å²) in [7, 11) is 0. The molecule has 0 bridgehead atoms. The minimum Gasteiger partial charge on any atom is -0.443 e. The van der Waals surface area contributed by atoms with Gasteiger partial charge in [0.15, 0.2) is 0 Å². The highest BCUT2D eigenvalue weighted by molar-refractivity contribution is 5.95. The second kappa shape index (κ2) is 8.98. The molecule has 2 aromatic carbocycles. The first-order chi connectivity index (χ1) is 13.2. The number of anilines is 1. The predicted molar refractivity (Wildman–Crippen MR) is 102 cm³/mol. The van der Waals surface area contributed by atoms with Gasteiger partial charge in [0.2, 0.25) is 0 Å². The van der Waals surface area contributed by atoms with Gasteiger partial charge in [-0.25, -0.2) is 9.63 Å². The molecule has 0 spiro atoms. The molecular weight excluding hydrogens is 364 g/mol. The second-order valence-corrected chi connectivity index (χ2v) is 7.03. The molecule has 0 fully saturated rings. The first-order valence-corrected chi connectivity index (χ1v) is 8.65. The van der Waals surface area contributed by atoms with Crippen LogP contribution in [0.25, 0.3) is 0 Å². The lowest BCUT2D eigenvalue weighted by atomic mass is 10.0. The molecule has 8 nitrogen and oxygen atoms in total. The van der Waals surface area contributed by atoms with E-state index in [0.717, 1.165) is 4.90 Å². The number of para-hydroxylation sites is 1. The van der Waals surface area contributed by atoms with E-state index in [4.69, 9.17) is 4.74 Å². The van der Waals surface area contributed by atoms with Gasteiger partial charge in [-0.3, -0.25) is 9.69 Å². The first-order valence-electron chi connectivity index (χ1n) is 8.65. The van der Waals surface area contributed by atoms with Gasteiger partial charge >= 0.3 is 17.1 Å². The van der Waals surface area contributed by atoms with Crippen molar-refractivity contribution >= 4 is 17.7 Å². The Kier molecular flexibility index (Phi) is 6.70. The monoisotopic (exact) mass is 386 g/mol. The van der Waals surface area contributed by atoms with Crippen LogP contribution in [0.1, 0.15) is 26.3 Å². The first kappa shape index (κ1) is 20.9.